The molecule has 7 heteroatoms. The molecule has 0 fully saturated rings. The van der Waals surface area contributed by atoms with Gasteiger partial charge in [-0.1, -0.05) is 0 Å². The van der Waals surface area contributed by atoms with Crippen molar-refractivity contribution in [1.29, 1.82) is 0 Å². The highest BCUT2D eigenvalue weighted by Gasteiger charge is 2.21. The van der Waals surface area contributed by atoms with Gasteiger partial charge in [0, 0.05) is 13.2 Å². The molecular formula is C10H10N4O2S. The molecule has 0 radical (unpaired) electrons. The molecule has 0 N–H and O–H groups in total. The van der Waals surface area contributed by atoms with Crippen LogP contribution in [0.15, 0.2) is 34.7 Å². The molecule has 0 saturated carbocycles. The van der Waals surface area contributed by atoms with E-state index in [9.17, 15) is 10.1 Å². The number of nitro groups is 1. The first-order valence-corrected chi connectivity index (χ1v) is 5.66. The Kier molecular flexibility index (Phi) is 3.10. The van der Waals surface area contributed by atoms with Crippen molar-refractivity contribution in [2.24, 2.45) is 7.05 Å². The maximum absolute atomic E-state index is 10.8. The van der Waals surface area contributed by atoms with Gasteiger partial charge in [-0.15, -0.1) is 0 Å². The number of aromatic nitrogens is 3. The third-order valence-electron chi connectivity index (χ3n) is 2.13. The van der Waals surface area contributed by atoms with Gasteiger partial charge in [-0.2, -0.15) is 0 Å². The van der Waals surface area contributed by atoms with Gasteiger partial charge in [-0.05, 0) is 46.3 Å². The molecule has 6 nitrogen and oxygen atoms in total. The standard InChI is InChI=1S/C10H10N4O2S/c1-7-3-4-11-8(5-7)17-10-9(14(15)16)12-6-13(10)2/h3-6H,1-2H3. The Bertz CT molecular complexity index is 567. The smallest absolute Gasteiger partial charge is 0.358 e. The third kappa shape index (κ3) is 2.44. The van der Waals surface area contributed by atoms with Crippen LogP contribution in [-0.2, 0) is 7.05 Å². The van der Waals surface area contributed by atoms with Crippen LogP contribution in [0.5, 0.6) is 0 Å². The van der Waals surface area contributed by atoms with Crippen LogP contribution in [0.1, 0.15) is 5.56 Å². The fourth-order valence-electron chi connectivity index (χ4n) is 1.31. The Morgan fingerprint density at radius 1 is 1.47 bits per heavy atom. The number of hydrogen-bond acceptors (Lipinski definition) is 5. The number of imidazole rings is 1. The van der Waals surface area contributed by atoms with E-state index in [2.05, 4.69) is 9.97 Å². The van der Waals surface area contributed by atoms with E-state index in [0.29, 0.717) is 5.03 Å². The monoisotopic (exact) mass is 250 g/mol. The summed E-state index contributed by atoms with van der Waals surface area (Å²) >= 11 is 1.24. The van der Waals surface area contributed by atoms with Gasteiger partial charge >= 0.3 is 5.82 Å². The molecule has 2 aromatic heterocycles. The maximum Gasteiger partial charge on any atom is 0.396 e. The minimum atomic E-state index is -0.488. The molecule has 0 atom stereocenters. The molecule has 0 aliphatic carbocycles. The Morgan fingerprint density at radius 3 is 2.88 bits per heavy atom. The van der Waals surface area contributed by atoms with Crippen LogP contribution in [0, 0.1) is 17.0 Å². The van der Waals surface area contributed by atoms with Crippen LogP contribution in [0.25, 0.3) is 0 Å². The second-order valence-corrected chi connectivity index (χ2v) is 4.52. The molecule has 0 aliphatic heterocycles. The predicted molar refractivity (Wildman–Crippen MR) is 63.0 cm³/mol. The highest BCUT2D eigenvalue weighted by Crippen LogP contribution is 2.32. The fraction of sp³-hybridized carbons (Fsp3) is 0.200. The fourth-order valence-corrected chi connectivity index (χ4v) is 2.28. The normalized spacial score (nSPS) is 10.5. The highest BCUT2D eigenvalue weighted by molar-refractivity contribution is 7.99. The molecule has 88 valence electrons. The first-order chi connectivity index (χ1) is 8.08. The minimum Gasteiger partial charge on any atom is -0.358 e. The summed E-state index contributed by atoms with van der Waals surface area (Å²) < 4.78 is 1.62. The van der Waals surface area contributed by atoms with E-state index >= 15 is 0 Å². The molecule has 0 aromatic carbocycles. The van der Waals surface area contributed by atoms with E-state index < -0.39 is 4.92 Å². The minimum absolute atomic E-state index is 0.138. The number of aryl methyl sites for hydroxylation is 2. The lowest BCUT2D eigenvalue weighted by molar-refractivity contribution is -0.392. The molecule has 2 heterocycles. The van der Waals surface area contributed by atoms with Crippen LogP contribution in [0.2, 0.25) is 0 Å². The van der Waals surface area contributed by atoms with E-state index in [1.165, 1.54) is 18.1 Å². The van der Waals surface area contributed by atoms with Gasteiger partial charge in [-0.3, -0.25) is 0 Å². The molecule has 17 heavy (non-hydrogen) atoms. The van der Waals surface area contributed by atoms with Crippen LogP contribution in [0.4, 0.5) is 5.82 Å². The van der Waals surface area contributed by atoms with Crippen LogP contribution < -0.4 is 0 Å². The molecule has 0 spiro atoms. The van der Waals surface area contributed by atoms with Gasteiger partial charge in [0.25, 0.3) is 0 Å². The van der Waals surface area contributed by atoms with Gasteiger partial charge in [-0.25, -0.2) is 4.98 Å². The Labute approximate surface area is 102 Å². The zero-order chi connectivity index (χ0) is 12.4. The van der Waals surface area contributed by atoms with E-state index in [4.69, 9.17) is 0 Å². The first kappa shape index (κ1) is 11.6. The van der Waals surface area contributed by atoms with Crippen LogP contribution in [0.3, 0.4) is 0 Å². The summed E-state index contributed by atoms with van der Waals surface area (Å²) in [7, 11) is 1.72. The van der Waals surface area contributed by atoms with E-state index in [1.807, 2.05) is 19.1 Å². The number of nitrogens with zero attached hydrogens (tertiary/aromatic N) is 4. The van der Waals surface area contributed by atoms with Gasteiger partial charge in [0.05, 0.1) is 0 Å². The van der Waals surface area contributed by atoms with Crippen molar-refractivity contribution in [3.05, 3.63) is 40.3 Å². The lowest BCUT2D eigenvalue weighted by Crippen LogP contribution is -1.94. The van der Waals surface area contributed by atoms with Gasteiger partial charge < -0.3 is 14.7 Å². The largest absolute Gasteiger partial charge is 0.396 e. The Balaban J connectivity index is 2.36. The van der Waals surface area contributed by atoms with E-state index in [-0.39, 0.29) is 5.82 Å². The van der Waals surface area contributed by atoms with Crippen molar-refractivity contribution in [2.45, 2.75) is 17.0 Å². The Morgan fingerprint density at radius 2 is 2.24 bits per heavy atom. The predicted octanol–water partition coefficient (Wildman–Crippen LogP) is 2.18. The molecular weight excluding hydrogens is 240 g/mol. The molecule has 0 unspecified atom stereocenters. The molecule has 0 saturated heterocycles. The summed E-state index contributed by atoms with van der Waals surface area (Å²) in [4.78, 5) is 18.2. The quantitative estimate of drug-likeness (QED) is 0.616. The lowest BCUT2D eigenvalue weighted by atomic mass is 10.3. The maximum atomic E-state index is 10.8. The van der Waals surface area contributed by atoms with E-state index in [0.717, 1.165) is 10.6 Å². The summed E-state index contributed by atoms with van der Waals surface area (Å²) in [5.74, 6) is -0.138. The summed E-state index contributed by atoms with van der Waals surface area (Å²) in [6.07, 6.45) is 3.11. The third-order valence-corrected chi connectivity index (χ3v) is 3.23. The topological polar surface area (TPSA) is 73.8 Å². The average Bonchev–Trinajstić information content (AvgIpc) is 2.61. The van der Waals surface area contributed by atoms with Gasteiger partial charge in [0.15, 0.2) is 5.03 Å². The van der Waals surface area contributed by atoms with E-state index in [1.54, 1.807) is 17.8 Å². The molecule has 0 bridgehead atoms. The Hall–Kier alpha value is -1.89. The van der Waals surface area contributed by atoms with Crippen molar-refractivity contribution in [1.82, 2.24) is 14.5 Å². The molecule has 2 aromatic rings. The summed E-state index contributed by atoms with van der Waals surface area (Å²) in [6, 6.07) is 3.75. The zero-order valence-corrected chi connectivity index (χ0v) is 10.1. The molecule has 0 aliphatic rings. The average molecular weight is 250 g/mol. The summed E-state index contributed by atoms with van der Waals surface area (Å²) in [5.41, 5.74) is 1.06. The second-order valence-electron chi connectivity index (χ2n) is 3.51. The second kappa shape index (κ2) is 4.54. The number of rotatable bonds is 3. The van der Waals surface area contributed by atoms with Gasteiger partial charge in [0.2, 0.25) is 6.33 Å². The molecule has 0 amide bonds. The lowest BCUT2D eigenvalue weighted by Gasteiger charge is -2.01. The summed E-state index contributed by atoms with van der Waals surface area (Å²) in [5, 5.41) is 12.0. The van der Waals surface area contributed by atoms with Crippen molar-refractivity contribution < 1.29 is 4.92 Å². The zero-order valence-electron chi connectivity index (χ0n) is 9.32. The number of hydrogen-bond donors (Lipinski definition) is 0. The van der Waals surface area contributed by atoms with Crippen molar-refractivity contribution in [3.63, 3.8) is 0 Å². The van der Waals surface area contributed by atoms with Crippen LogP contribution in [-0.4, -0.2) is 19.5 Å². The first-order valence-electron chi connectivity index (χ1n) is 4.84. The van der Waals surface area contributed by atoms with Crippen molar-refractivity contribution in [3.8, 4) is 0 Å². The van der Waals surface area contributed by atoms with Crippen molar-refractivity contribution in [2.75, 3.05) is 0 Å². The van der Waals surface area contributed by atoms with Gasteiger partial charge in [0.1, 0.15) is 5.03 Å². The highest BCUT2D eigenvalue weighted by atomic mass is 32.2. The SMILES string of the molecule is Cc1ccnc(Sc2c([N+](=O)[O-])ncn2C)c1. The molecule has 2 rings (SSSR count). The number of pyridine rings is 1. The van der Waals surface area contributed by atoms with Crippen molar-refractivity contribution >= 4 is 17.6 Å². The summed E-state index contributed by atoms with van der Waals surface area (Å²) in [6.45, 7) is 1.95. The van der Waals surface area contributed by atoms with Crippen LogP contribution >= 0.6 is 11.8 Å².